The molecule has 1 amide bonds. The summed E-state index contributed by atoms with van der Waals surface area (Å²) in [4.78, 5) is 25.5. The van der Waals surface area contributed by atoms with Crippen molar-refractivity contribution >= 4 is 23.3 Å². The molecule has 0 radical (unpaired) electrons. The minimum atomic E-state index is -0.499. The van der Waals surface area contributed by atoms with Gasteiger partial charge in [0.05, 0.1) is 17.0 Å². The minimum absolute atomic E-state index is 0.0698. The Bertz CT molecular complexity index is 576. The van der Waals surface area contributed by atoms with Gasteiger partial charge in [-0.1, -0.05) is 17.7 Å². The fourth-order valence-corrected chi connectivity index (χ4v) is 3.19. The quantitative estimate of drug-likeness (QED) is 0.739. The molecule has 1 spiro atoms. The van der Waals surface area contributed by atoms with E-state index in [1.54, 1.807) is 30.0 Å². The maximum absolute atomic E-state index is 12.3. The highest BCUT2D eigenvalue weighted by molar-refractivity contribution is 6.32. The van der Waals surface area contributed by atoms with Crippen LogP contribution in [0.2, 0.25) is 5.02 Å². The number of hydrogen-bond acceptors (Lipinski definition) is 3. The molecule has 0 aliphatic carbocycles. The third-order valence-corrected chi connectivity index (χ3v) is 4.49. The number of ketones is 1. The van der Waals surface area contributed by atoms with E-state index < -0.39 is 5.60 Å². The van der Waals surface area contributed by atoms with E-state index in [1.165, 1.54) is 0 Å². The largest absolute Gasteiger partial charge is 0.484 e. The van der Waals surface area contributed by atoms with Crippen LogP contribution >= 0.6 is 11.6 Å². The molecule has 0 saturated carbocycles. The zero-order valence-electron chi connectivity index (χ0n) is 11.3. The van der Waals surface area contributed by atoms with Gasteiger partial charge in [0, 0.05) is 32.9 Å². The molecule has 0 N–H and O–H groups in total. The molecule has 2 aliphatic rings. The highest BCUT2D eigenvalue weighted by atomic mass is 35.5. The van der Waals surface area contributed by atoms with Crippen LogP contribution in [-0.4, -0.2) is 35.3 Å². The normalized spacial score (nSPS) is 20.5. The number of piperidine rings is 1. The summed E-state index contributed by atoms with van der Waals surface area (Å²) in [6, 6.07) is 5.25. The number of carbonyl (C=O) groups is 2. The Kier molecular flexibility index (Phi) is 3.21. The summed E-state index contributed by atoms with van der Waals surface area (Å²) in [5.74, 6) is 0.645. The molecule has 20 heavy (non-hydrogen) atoms. The zero-order chi connectivity index (χ0) is 14.3. The number of rotatable bonds is 0. The van der Waals surface area contributed by atoms with Crippen LogP contribution in [0, 0.1) is 0 Å². The van der Waals surface area contributed by atoms with E-state index in [0.717, 1.165) is 0 Å². The van der Waals surface area contributed by atoms with Crippen molar-refractivity contribution in [3.63, 3.8) is 0 Å². The summed E-state index contributed by atoms with van der Waals surface area (Å²) in [5, 5.41) is 0.476. The van der Waals surface area contributed by atoms with E-state index >= 15 is 0 Å². The average molecular weight is 294 g/mol. The monoisotopic (exact) mass is 293 g/mol. The number of ether oxygens (including phenoxy) is 1. The molecule has 0 unspecified atom stereocenters. The highest BCUT2D eigenvalue weighted by Gasteiger charge is 2.43. The van der Waals surface area contributed by atoms with Crippen LogP contribution in [0.4, 0.5) is 0 Å². The van der Waals surface area contributed by atoms with Gasteiger partial charge < -0.3 is 9.64 Å². The Morgan fingerprint density at radius 2 is 2.05 bits per heavy atom. The molecule has 0 aromatic heterocycles. The van der Waals surface area contributed by atoms with Gasteiger partial charge in [0.1, 0.15) is 11.4 Å². The van der Waals surface area contributed by atoms with Crippen LogP contribution < -0.4 is 4.74 Å². The lowest BCUT2D eigenvalue weighted by atomic mass is 9.82. The first kappa shape index (κ1) is 13.4. The average Bonchev–Trinajstić information content (AvgIpc) is 2.41. The molecule has 1 fully saturated rings. The van der Waals surface area contributed by atoms with Crippen molar-refractivity contribution in [3.8, 4) is 5.75 Å². The summed E-state index contributed by atoms with van der Waals surface area (Å²) in [7, 11) is 0. The van der Waals surface area contributed by atoms with Crippen molar-refractivity contribution < 1.29 is 14.3 Å². The topological polar surface area (TPSA) is 46.6 Å². The number of para-hydroxylation sites is 1. The van der Waals surface area contributed by atoms with E-state index in [1.807, 2.05) is 0 Å². The van der Waals surface area contributed by atoms with E-state index in [9.17, 15) is 9.59 Å². The number of halogens is 1. The lowest BCUT2D eigenvalue weighted by Gasteiger charge is -2.43. The number of benzene rings is 1. The van der Waals surface area contributed by atoms with Gasteiger partial charge in [-0.2, -0.15) is 0 Å². The maximum atomic E-state index is 12.3. The molecule has 1 aromatic rings. The zero-order valence-corrected chi connectivity index (χ0v) is 12.1. The van der Waals surface area contributed by atoms with E-state index in [2.05, 4.69) is 0 Å². The smallest absolute Gasteiger partial charge is 0.219 e. The fourth-order valence-electron chi connectivity index (χ4n) is 2.98. The Morgan fingerprint density at radius 3 is 2.70 bits per heavy atom. The number of amides is 1. The van der Waals surface area contributed by atoms with Crippen molar-refractivity contribution in [1.29, 1.82) is 0 Å². The fraction of sp³-hybridized carbons (Fsp3) is 0.467. The third kappa shape index (κ3) is 2.18. The minimum Gasteiger partial charge on any atom is -0.484 e. The summed E-state index contributed by atoms with van der Waals surface area (Å²) in [5.41, 5.74) is 0.0678. The Morgan fingerprint density at radius 1 is 1.35 bits per heavy atom. The second-order valence-corrected chi connectivity index (χ2v) is 5.91. The number of carbonyl (C=O) groups excluding carboxylic acids is 2. The SMILES string of the molecule is CC(=O)N1CCC2(CC1)CC(=O)c1cccc(Cl)c1O2. The van der Waals surface area contributed by atoms with E-state index in [0.29, 0.717) is 48.7 Å². The first-order valence-corrected chi connectivity index (χ1v) is 7.15. The number of nitrogens with zero attached hydrogens (tertiary/aromatic N) is 1. The van der Waals surface area contributed by atoms with Crippen LogP contribution in [0.1, 0.15) is 36.5 Å². The number of Topliss-reactive ketones (excluding diaryl/α,β-unsaturated/α-hetero) is 1. The number of likely N-dealkylation sites (tertiary alicyclic amines) is 1. The standard InChI is InChI=1S/C15H16ClNO3/c1-10(18)17-7-5-15(6-8-17)9-13(19)11-3-2-4-12(16)14(11)20-15/h2-4H,5-9H2,1H3. The van der Waals surface area contributed by atoms with Gasteiger partial charge in [-0.3, -0.25) is 9.59 Å². The molecule has 3 rings (SSSR count). The van der Waals surface area contributed by atoms with Crippen LogP contribution in [0.5, 0.6) is 5.75 Å². The molecule has 0 bridgehead atoms. The van der Waals surface area contributed by atoms with Crippen molar-refractivity contribution in [2.24, 2.45) is 0 Å². The van der Waals surface area contributed by atoms with E-state index in [-0.39, 0.29) is 11.7 Å². The van der Waals surface area contributed by atoms with Crippen LogP contribution in [0.3, 0.4) is 0 Å². The molecular weight excluding hydrogens is 278 g/mol. The molecule has 1 saturated heterocycles. The molecule has 2 heterocycles. The van der Waals surface area contributed by atoms with Gasteiger partial charge in [0.2, 0.25) is 5.91 Å². The second-order valence-electron chi connectivity index (χ2n) is 5.51. The highest BCUT2D eigenvalue weighted by Crippen LogP contribution is 2.42. The van der Waals surface area contributed by atoms with Crippen molar-refractivity contribution in [2.75, 3.05) is 13.1 Å². The number of hydrogen-bond donors (Lipinski definition) is 0. The van der Waals surface area contributed by atoms with Crippen LogP contribution in [0.25, 0.3) is 0 Å². The predicted molar refractivity (Wildman–Crippen MR) is 75.2 cm³/mol. The Labute approximate surface area is 122 Å². The summed E-state index contributed by atoms with van der Waals surface area (Å²) < 4.78 is 6.10. The van der Waals surface area contributed by atoms with Gasteiger partial charge in [0.25, 0.3) is 0 Å². The van der Waals surface area contributed by atoms with Gasteiger partial charge >= 0.3 is 0 Å². The molecule has 0 atom stereocenters. The molecule has 2 aliphatic heterocycles. The molecule has 1 aromatic carbocycles. The second kappa shape index (κ2) is 4.77. The third-order valence-electron chi connectivity index (χ3n) is 4.19. The summed E-state index contributed by atoms with van der Waals surface area (Å²) in [6.45, 7) is 2.82. The van der Waals surface area contributed by atoms with Crippen molar-refractivity contribution in [3.05, 3.63) is 28.8 Å². The molecular formula is C15H16ClNO3. The maximum Gasteiger partial charge on any atom is 0.219 e. The summed E-state index contributed by atoms with van der Waals surface area (Å²) in [6.07, 6.45) is 1.71. The van der Waals surface area contributed by atoms with Crippen LogP contribution in [0.15, 0.2) is 18.2 Å². The van der Waals surface area contributed by atoms with E-state index in [4.69, 9.17) is 16.3 Å². The Balaban J connectivity index is 1.87. The van der Waals surface area contributed by atoms with Gasteiger partial charge in [-0.25, -0.2) is 0 Å². The molecule has 106 valence electrons. The first-order valence-electron chi connectivity index (χ1n) is 6.77. The molecule has 4 nitrogen and oxygen atoms in total. The summed E-state index contributed by atoms with van der Waals surface area (Å²) >= 11 is 6.15. The van der Waals surface area contributed by atoms with Crippen molar-refractivity contribution in [1.82, 2.24) is 4.90 Å². The Hall–Kier alpha value is -1.55. The predicted octanol–water partition coefficient (Wildman–Crippen LogP) is 2.69. The lowest BCUT2D eigenvalue weighted by molar-refractivity contribution is -0.132. The van der Waals surface area contributed by atoms with Crippen LogP contribution in [-0.2, 0) is 4.79 Å². The van der Waals surface area contributed by atoms with Gasteiger partial charge in [-0.15, -0.1) is 0 Å². The van der Waals surface area contributed by atoms with Gasteiger partial charge in [0.15, 0.2) is 5.78 Å². The lowest BCUT2D eigenvalue weighted by Crippen LogP contribution is -2.51. The number of fused-ring (bicyclic) bond motifs is 1. The molecule has 5 heteroatoms. The van der Waals surface area contributed by atoms with Gasteiger partial charge in [-0.05, 0) is 12.1 Å². The first-order chi connectivity index (χ1) is 9.51. The van der Waals surface area contributed by atoms with Crippen molar-refractivity contribution in [2.45, 2.75) is 31.8 Å².